The SMILES string of the molecule is CCOC(=O)c1c(C)oc2nc(COC(=O)c3cccc(S(=O)(=O)NC4CC4)c3)nc(N)c12. The topological polar surface area (TPSA) is 164 Å². The molecule has 0 amide bonds. The number of ether oxygens (including phenoxy) is 2. The highest BCUT2D eigenvalue weighted by Crippen LogP contribution is 2.29. The second kappa shape index (κ2) is 8.79. The molecule has 1 saturated carbocycles. The van der Waals surface area contributed by atoms with E-state index in [1.165, 1.54) is 24.3 Å². The number of nitrogens with one attached hydrogen (secondary N) is 1. The van der Waals surface area contributed by atoms with Crippen LogP contribution in [-0.4, -0.2) is 43.0 Å². The molecule has 0 atom stereocenters. The molecule has 3 N–H and O–H groups in total. The zero-order chi connectivity index (χ0) is 23.8. The van der Waals surface area contributed by atoms with E-state index in [9.17, 15) is 18.0 Å². The van der Waals surface area contributed by atoms with Crippen LogP contribution in [0.1, 0.15) is 52.1 Å². The molecule has 0 bridgehead atoms. The number of benzene rings is 1. The predicted octanol–water partition coefficient (Wildman–Crippen LogP) is 2.09. The third-order valence-corrected chi connectivity index (χ3v) is 6.41. The Balaban J connectivity index is 1.51. The molecule has 1 aliphatic rings. The Hall–Kier alpha value is -3.51. The Morgan fingerprint density at radius 2 is 1.97 bits per heavy atom. The van der Waals surface area contributed by atoms with E-state index in [1.807, 2.05) is 0 Å². The van der Waals surface area contributed by atoms with Crippen LogP contribution in [-0.2, 0) is 26.1 Å². The van der Waals surface area contributed by atoms with Gasteiger partial charge in [0.05, 0.1) is 22.5 Å². The highest BCUT2D eigenvalue weighted by molar-refractivity contribution is 7.89. The van der Waals surface area contributed by atoms with Crippen molar-refractivity contribution in [2.24, 2.45) is 0 Å². The van der Waals surface area contributed by atoms with Crippen LogP contribution in [0.25, 0.3) is 11.1 Å². The van der Waals surface area contributed by atoms with Crippen molar-refractivity contribution in [1.82, 2.24) is 14.7 Å². The lowest BCUT2D eigenvalue weighted by Gasteiger charge is -2.08. The summed E-state index contributed by atoms with van der Waals surface area (Å²) in [5, 5.41) is 0.224. The quantitative estimate of drug-likeness (QED) is 0.462. The lowest BCUT2D eigenvalue weighted by atomic mass is 10.2. The number of nitrogens with two attached hydrogens (primary N) is 1. The Kier molecular flexibility index (Phi) is 6.04. The van der Waals surface area contributed by atoms with Gasteiger partial charge in [0.15, 0.2) is 12.4 Å². The smallest absolute Gasteiger partial charge is 0.342 e. The van der Waals surface area contributed by atoms with E-state index in [0.29, 0.717) is 0 Å². The number of furan rings is 1. The van der Waals surface area contributed by atoms with Crippen LogP contribution in [0.2, 0.25) is 0 Å². The fraction of sp³-hybridized carbons (Fsp3) is 0.333. The summed E-state index contributed by atoms with van der Waals surface area (Å²) in [4.78, 5) is 32.9. The largest absolute Gasteiger partial charge is 0.462 e. The normalized spacial score (nSPS) is 13.8. The van der Waals surface area contributed by atoms with Gasteiger partial charge in [0.1, 0.15) is 17.1 Å². The molecule has 0 unspecified atom stereocenters. The molecular weight excluding hydrogens is 452 g/mol. The number of hydrogen-bond donors (Lipinski definition) is 2. The molecule has 2 aromatic heterocycles. The van der Waals surface area contributed by atoms with Gasteiger partial charge in [-0.25, -0.2) is 27.7 Å². The predicted molar refractivity (Wildman–Crippen MR) is 116 cm³/mol. The van der Waals surface area contributed by atoms with Crippen molar-refractivity contribution in [3.05, 3.63) is 47.0 Å². The monoisotopic (exact) mass is 474 g/mol. The summed E-state index contributed by atoms with van der Waals surface area (Å²) >= 11 is 0. The molecule has 174 valence electrons. The number of carbonyl (C=O) groups excluding carboxylic acids is 2. The van der Waals surface area contributed by atoms with Crippen molar-refractivity contribution < 1.29 is 31.9 Å². The van der Waals surface area contributed by atoms with Crippen molar-refractivity contribution in [3.63, 3.8) is 0 Å². The van der Waals surface area contributed by atoms with E-state index in [1.54, 1.807) is 13.8 Å². The number of anilines is 1. The van der Waals surface area contributed by atoms with Crippen LogP contribution in [0.4, 0.5) is 5.82 Å². The lowest BCUT2D eigenvalue weighted by molar-refractivity contribution is 0.0461. The van der Waals surface area contributed by atoms with Crippen molar-refractivity contribution in [3.8, 4) is 0 Å². The highest BCUT2D eigenvalue weighted by Gasteiger charge is 2.28. The number of aromatic nitrogens is 2. The van der Waals surface area contributed by atoms with Crippen LogP contribution in [0.15, 0.2) is 33.6 Å². The average Bonchev–Trinajstić information content (AvgIpc) is 3.50. The van der Waals surface area contributed by atoms with Crippen LogP contribution < -0.4 is 10.5 Å². The first-order chi connectivity index (χ1) is 15.7. The van der Waals surface area contributed by atoms with E-state index in [2.05, 4.69) is 14.7 Å². The van der Waals surface area contributed by atoms with Gasteiger partial charge in [-0.05, 0) is 44.9 Å². The van der Waals surface area contributed by atoms with Crippen molar-refractivity contribution in [1.29, 1.82) is 0 Å². The average molecular weight is 474 g/mol. The number of nitrogen functional groups attached to an aromatic ring is 1. The summed E-state index contributed by atoms with van der Waals surface area (Å²) in [5.74, 6) is -1.06. The van der Waals surface area contributed by atoms with Gasteiger partial charge in [-0.2, -0.15) is 4.98 Å². The van der Waals surface area contributed by atoms with E-state index in [-0.39, 0.29) is 63.8 Å². The standard InChI is InChI=1S/C21H22N4O7S/c1-3-30-21(27)16-11(2)32-19-17(16)18(22)23-15(24-19)10-31-20(26)12-5-4-6-14(9-12)33(28,29)25-13-7-8-13/h4-6,9,13,25H,3,7-8,10H2,1-2H3,(H2,22,23,24). The van der Waals surface area contributed by atoms with Crippen molar-refractivity contribution >= 4 is 38.9 Å². The Labute approximate surface area is 189 Å². The molecule has 11 nitrogen and oxygen atoms in total. The minimum Gasteiger partial charge on any atom is -0.462 e. The number of carbonyl (C=O) groups is 2. The fourth-order valence-electron chi connectivity index (χ4n) is 3.19. The molecule has 12 heteroatoms. The summed E-state index contributed by atoms with van der Waals surface area (Å²) < 4.78 is 43.1. The summed E-state index contributed by atoms with van der Waals surface area (Å²) in [5.41, 5.74) is 6.27. The van der Waals surface area contributed by atoms with Gasteiger partial charge in [0.2, 0.25) is 15.7 Å². The Morgan fingerprint density at radius 3 is 2.67 bits per heavy atom. The summed E-state index contributed by atoms with van der Waals surface area (Å²) in [6.07, 6.45) is 1.59. The zero-order valence-corrected chi connectivity index (χ0v) is 18.8. The second-order valence-corrected chi connectivity index (χ2v) is 9.17. The number of nitrogens with zero attached hydrogens (tertiary/aromatic N) is 2. The number of rotatable bonds is 8. The molecule has 0 saturated heterocycles. The molecule has 1 fully saturated rings. The maximum atomic E-state index is 12.5. The Bertz CT molecular complexity index is 1350. The minimum absolute atomic E-state index is 0.0230. The molecule has 1 aromatic carbocycles. The number of sulfonamides is 1. The van der Waals surface area contributed by atoms with E-state index < -0.39 is 22.0 Å². The minimum atomic E-state index is -3.71. The molecule has 2 heterocycles. The number of hydrogen-bond acceptors (Lipinski definition) is 10. The zero-order valence-electron chi connectivity index (χ0n) is 18.0. The molecule has 33 heavy (non-hydrogen) atoms. The van der Waals surface area contributed by atoms with E-state index in [4.69, 9.17) is 19.6 Å². The fourth-order valence-corrected chi connectivity index (χ4v) is 4.54. The van der Waals surface area contributed by atoms with Gasteiger partial charge in [0, 0.05) is 6.04 Å². The maximum absolute atomic E-state index is 12.5. The third-order valence-electron chi connectivity index (χ3n) is 4.89. The van der Waals surface area contributed by atoms with Crippen molar-refractivity contribution in [2.45, 2.75) is 44.2 Å². The second-order valence-electron chi connectivity index (χ2n) is 7.46. The first-order valence-corrected chi connectivity index (χ1v) is 11.7. The van der Waals surface area contributed by atoms with Crippen molar-refractivity contribution in [2.75, 3.05) is 12.3 Å². The summed E-state index contributed by atoms with van der Waals surface area (Å²) in [6.45, 7) is 3.09. The van der Waals surface area contributed by atoms with Crippen LogP contribution in [0.3, 0.4) is 0 Å². The molecule has 0 spiro atoms. The highest BCUT2D eigenvalue weighted by atomic mass is 32.2. The number of aryl methyl sites for hydroxylation is 1. The summed E-state index contributed by atoms with van der Waals surface area (Å²) in [6, 6.07) is 5.49. The van der Waals surface area contributed by atoms with Crippen LogP contribution in [0.5, 0.6) is 0 Å². The molecule has 4 rings (SSSR count). The number of esters is 2. The first-order valence-electron chi connectivity index (χ1n) is 10.2. The molecule has 1 aliphatic carbocycles. The Morgan fingerprint density at radius 1 is 1.21 bits per heavy atom. The number of fused-ring (bicyclic) bond motifs is 1. The van der Waals surface area contributed by atoms with Gasteiger partial charge in [-0.3, -0.25) is 0 Å². The molecule has 3 aromatic rings. The molecule has 0 radical (unpaired) electrons. The van der Waals surface area contributed by atoms with Gasteiger partial charge < -0.3 is 19.6 Å². The van der Waals surface area contributed by atoms with Gasteiger partial charge >= 0.3 is 11.9 Å². The van der Waals surface area contributed by atoms with E-state index >= 15 is 0 Å². The first kappa shape index (κ1) is 22.7. The molecule has 0 aliphatic heterocycles. The van der Waals surface area contributed by atoms with E-state index in [0.717, 1.165) is 12.8 Å². The third kappa shape index (κ3) is 4.81. The lowest BCUT2D eigenvalue weighted by Crippen LogP contribution is -2.25. The van der Waals surface area contributed by atoms with Gasteiger partial charge in [-0.15, -0.1) is 0 Å². The maximum Gasteiger partial charge on any atom is 0.342 e. The van der Waals surface area contributed by atoms with Gasteiger partial charge in [-0.1, -0.05) is 6.07 Å². The van der Waals surface area contributed by atoms with Gasteiger partial charge in [0.25, 0.3) is 0 Å². The van der Waals surface area contributed by atoms with Crippen LogP contribution >= 0.6 is 0 Å². The summed E-state index contributed by atoms with van der Waals surface area (Å²) in [7, 11) is -3.71. The van der Waals surface area contributed by atoms with Crippen LogP contribution in [0, 0.1) is 6.92 Å². The molecular formula is C21H22N4O7S.